The van der Waals surface area contributed by atoms with Crippen LogP contribution < -0.4 is 0 Å². The van der Waals surface area contributed by atoms with Gasteiger partial charge in [0, 0.05) is 5.69 Å². The lowest BCUT2D eigenvalue weighted by molar-refractivity contribution is 0.573. The van der Waals surface area contributed by atoms with Crippen LogP contribution in [0.3, 0.4) is 0 Å². The molecule has 0 spiro atoms. The molecule has 15 heavy (non-hydrogen) atoms. The number of aromatic nitrogens is 1. The summed E-state index contributed by atoms with van der Waals surface area (Å²) < 4.78 is 0. The second-order valence-corrected chi connectivity index (χ2v) is 4.35. The van der Waals surface area contributed by atoms with Gasteiger partial charge in [0.1, 0.15) is 5.15 Å². The molecular formula is C13H18ClN. The van der Waals surface area contributed by atoms with Crippen molar-refractivity contribution in [3.05, 3.63) is 34.6 Å². The third-order valence-corrected chi connectivity index (χ3v) is 2.84. The first-order valence-electron chi connectivity index (χ1n) is 5.43. The first kappa shape index (κ1) is 12.3. The normalized spacial score (nSPS) is 13.3. The number of hydrogen-bond donors (Lipinski definition) is 0. The number of aryl methyl sites for hydroxylation is 1. The fraction of sp³-hybridized carbons (Fsp3) is 0.462. The average Bonchev–Trinajstić information content (AvgIpc) is 2.21. The molecule has 1 atom stereocenters. The minimum Gasteiger partial charge on any atom is -0.241 e. The predicted octanol–water partition coefficient (Wildman–Crippen LogP) is 4.49. The van der Waals surface area contributed by atoms with Crippen molar-refractivity contribution in [3.8, 4) is 0 Å². The van der Waals surface area contributed by atoms with Crippen molar-refractivity contribution >= 4 is 17.7 Å². The van der Waals surface area contributed by atoms with Gasteiger partial charge in [-0.25, -0.2) is 4.98 Å². The van der Waals surface area contributed by atoms with E-state index in [0.717, 1.165) is 23.6 Å². The summed E-state index contributed by atoms with van der Waals surface area (Å²) in [5.41, 5.74) is 2.14. The molecule has 1 aromatic heterocycles. The maximum Gasteiger partial charge on any atom is 0.129 e. The number of hydrogen-bond acceptors (Lipinski definition) is 1. The molecule has 0 saturated carbocycles. The largest absolute Gasteiger partial charge is 0.241 e. The van der Waals surface area contributed by atoms with Gasteiger partial charge in [0.2, 0.25) is 0 Å². The molecule has 0 fully saturated rings. The van der Waals surface area contributed by atoms with Crippen molar-refractivity contribution in [1.82, 2.24) is 4.98 Å². The highest BCUT2D eigenvalue weighted by Gasteiger charge is 1.97. The van der Waals surface area contributed by atoms with E-state index in [1.165, 1.54) is 6.42 Å². The summed E-state index contributed by atoms with van der Waals surface area (Å²) in [4.78, 5) is 4.21. The van der Waals surface area contributed by atoms with Gasteiger partial charge in [-0.05, 0) is 30.9 Å². The minimum absolute atomic E-state index is 0.562. The monoisotopic (exact) mass is 223 g/mol. The molecular weight excluding hydrogens is 206 g/mol. The zero-order valence-corrected chi connectivity index (χ0v) is 10.4. The molecule has 1 nitrogen and oxygen atoms in total. The van der Waals surface area contributed by atoms with Crippen molar-refractivity contribution < 1.29 is 0 Å². The molecule has 0 aliphatic rings. The third-order valence-electron chi connectivity index (χ3n) is 2.63. The van der Waals surface area contributed by atoms with Crippen LogP contribution >= 0.6 is 11.6 Å². The van der Waals surface area contributed by atoms with Gasteiger partial charge in [0.05, 0.1) is 0 Å². The van der Waals surface area contributed by atoms with Crippen LogP contribution in [-0.2, 0) is 0 Å². The molecule has 0 saturated heterocycles. The van der Waals surface area contributed by atoms with E-state index in [1.54, 1.807) is 0 Å². The molecule has 82 valence electrons. The Kier molecular flexibility index (Phi) is 4.83. The molecule has 0 radical (unpaired) electrons. The highest BCUT2D eigenvalue weighted by molar-refractivity contribution is 6.29. The molecule has 0 aliphatic carbocycles. The van der Waals surface area contributed by atoms with Gasteiger partial charge >= 0.3 is 0 Å². The highest BCUT2D eigenvalue weighted by Crippen LogP contribution is 2.14. The molecule has 2 heteroatoms. The van der Waals surface area contributed by atoms with E-state index in [2.05, 4.69) is 31.0 Å². The van der Waals surface area contributed by atoms with E-state index in [9.17, 15) is 0 Å². The zero-order chi connectivity index (χ0) is 11.3. The van der Waals surface area contributed by atoms with E-state index in [0.29, 0.717) is 5.15 Å². The number of rotatable bonds is 4. The summed E-state index contributed by atoms with van der Waals surface area (Å²) in [7, 11) is 0. The second-order valence-electron chi connectivity index (χ2n) is 3.96. The molecule has 1 heterocycles. The van der Waals surface area contributed by atoms with E-state index in [-0.39, 0.29) is 0 Å². The first-order valence-corrected chi connectivity index (χ1v) is 5.81. The van der Waals surface area contributed by atoms with Gasteiger partial charge in [-0.3, -0.25) is 0 Å². The van der Waals surface area contributed by atoms with Gasteiger partial charge < -0.3 is 0 Å². The Morgan fingerprint density at radius 2 is 2.20 bits per heavy atom. The van der Waals surface area contributed by atoms with Crippen LogP contribution in [0.2, 0.25) is 5.15 Å². The molecule has 1 aromatic rings. The summed E-state index contributed by atoms with van der Waals surface area (Å²) in [6.07, 6.45) is 6.69. The van der Waals surface area contributed by atoms with Crippen LogP contribution in [0.4, 0.5) is 0 Å². The second kappa shape index (κ2) is 5.92. The molecule has 0 bridgehead atoms. The number of nitrogens with zero attached hydrogens (tertiary/aromatic N) is 1. The summed E-state index contributed by atoms with van der Waals surface area (Å²) >= 11 is 5.79. The molecule has 1 rings (SSSR count). The fourth-order valence-electron chi connectivity index (χ4n) is 1.31. The van der Waals surface area contributed by atoms with Crippen LogP contribution in [0.1, 0.15) is 37.9 Å². The maximum absolute atomic E-state index is 5.79. The predicted molar refractivity (Wildman–Crippen MR) is 67.1 cm³/mol. The van der Waals surface area contributed by atoms with Gasteiger partial charge in [0.25, 0.3) is 0 Å². The van der Waals surface area contributed by atoms with E-state index in [4.69, 9.17) is 11.6 Å². The quantitative estimate of drug-likeness (QED) is 0.686. The van der Waals surface area contributed by atoms with Crippen LogP contribution in [0, 0.1) is 12.8 Å². The lowest BCUT2D eigenvalue weighted by atomic mass is 10.0. The topological polar surface area (TPSA) is 12.9 Å². The standard InChI is InChI=1S/C13H18ClN/c1-4-10(2)6-5-7-12-8-9-13(14)15-11(12)3/h5,7-10H,4,6H2,1-3H3. The molecule has 0 aliphatic heterocycles. The lowest BCUT2D eigenvalue weighted by Crippen LogP contribution is -1.89. The Morgan fingerprint density at radius 1 is 1.47 bits per heavy atom. The SMILES string of the molecule is CCC(C)CC=Cc1ccc(Cl)nc1C. The summed E-state index contributed by atoms with van der Waals surface area (Å²) in [6.45, 7) is 6.46. The number of halogens is 1. The highest BCUT2D eigenvalue weighted by atomic mass is 35.5. The Hall–Kier alpha value is -0.820. The van der Waals surface area contributed by atoms with E-state index >= 15 is 0 Å². The fourth-order valence-corrected chi connectivity index (χ4v) is 1.50. The summed E-state index contributed by atoms with van der Waals surface area (Å²) in [6, 6.07) is 3.84. The molecule has 1 unspecified atom stereocenters. The van der Waals surface area contributed by atoms with Gasteiger partial charge in [-0.2, -0.15) is 0 Å². The van der Waals surface area contributed by atoms with Crippen LogP contribution in [-0.4, -0.2) is 4.98 Å². The average molecular weight is 224 g/mol. The van der Waals surface area contributed by atoms with Gasteiger partial charge in [-0.15, -0.1) is 0 Å². The van der Waals surface area contributed by atoms with Crippen molar-refractivity contribution in [3.63, 3.8) is 0 Å². The molecule has 0 amide bonds. The van der Waals surface area contributed by atoms with Gasteiger partial charge in [0.15, 0.2) is 0 Å². The third kappa shape index (κ3) is 4.05. The van der Waals surface area contributed by atoms with E-state index < -0.39 is 0 Å². The minimum atomic E-state index is 0.562. The number of allylic oxidation sites excluding steroid dienone is 1. The Balaban J connectivity index is 2.64. The van der Waals surface area contributed by atoms with Gasteiger partial charge in [-0.1, -0.05) is 50.1 Å². The Labute approximate surface area is 97.2 Å². The van der Waals surface area contributed by atoms with Crippen LogP contribution in [0.15, 0.2) is 18.2 Å². The molecule has 0 N–H and O–H groups in total. The van der Waals surface area contributed by atoms with Crippen molar-refractivity contribution in [2.24, 2.45) is 5.92 Å². The first-order chi connectivity index (χ1) is 7.13. The van der Waals surface area contributed by atoms with Crippen molar-refractivity contribution in [1.29, 1.82) is 0 Å². The van der Waals surface area contributed by atoms with E-state index in [1.807, 2.05) is 19.1 Å². The van der Waals surface area contributed by atoms with Crippen molar-refractivity contribution in [2.75, 3.05) is 0 Å². The summed E-state index contributed by atoms with van der Waals surface area (Å²) in [5, 5.41) is 0.562. The maximum atomic E-state index is 5.79. The van der Waals surface area contributed by atoms with Crippen LogP contribution in [0.25, 0.3) is 6.08 Å². The number of pyridine rings is 1. The Morgan fingerprint density at radius 3 is 2.80 bits per heavy atom. The Bertz CT molecular complexity index is 344. The lowest BCUT2D eigenvalue weighted by Gasteiger charge is -2.03. The smallest absolute Gasteiger partial charge is 0.129 e. The summed E-state index contributed by atoms with van der Waals surface area (Å²) in [5.74, 6) is 0.752. The van der Waals surface area contributed by atoms with Crippen molar-refractivity contribution in [2.45, 2.75) is 33.6 Å². The zero-order valence-electron chi connectivity index (χ0n) is 9.63. The van der Waals surface area contributed by atoms with Crippen LogP contribution in [0.5, 0.6) is 0 Å². The molecule has 0 aromatic carbocycles.